The Labute approximate surface area is 158 Å². The monoisotopic (exact) mass is 387 g/mol. The summed E-state index contributed by atoms with van der Waals surface area (Å²) in [5.74, 6) is 0.545. The molecule has 1 fully saturated rings. The van der Waals surface area contributed by atoms with Crippen LogP contribution in [0.5, 0.6) is 0 Å². The second-order valence-corrected chi connectivity index (χ2v) is 6.46. The van der Waals surface area contributed by atoms with E-state index in [0.717, 1.165) is 31.6 Å². The Morgan fingerprint density at radius 1 is 1.41 bits per heavy atom. The SMILES string of the molecule is CCNC(=NCCOCC1CCCO1)NC(C)c1cccc(C(F)(F)F)c1. The third kappa shape index (κ3) is 7.38. The molecule has 2 rings (SSSR count). The van der Waals surface area contributed by atoms with Crippen LogP contribution in [0.4, 0.5) is 13.2 Å². The summed E-state index contributed by atoms with van der Waals surface area (Å²) >= 11 is 0. The number of benzene rings is 1. The summed E-state index contributed by atoms with van der Waals surface area (Å²) in [6, 6.07) is 4.99. The first-order valence-corrected chi connectivity index (χ1v) is 9.31. The zero-order valence-electron chi connectivity index (χ0n) is 15.8. The van der Waals surface area contributed by atoms with E-state index < -0.39 is 11.7 Å². The smallest absolute Gasteiger partial charge is 0.377 e. The molecule has 0 saturated carbocycles. The number of nitrogens with zero attached hydrogens (tertiary/aromatic N) is 1. The molecular formula is C19H28F3N3O2. The Balaban J connectivity index is 1.86. The predicted octanol–water partition coefficient (Wildman–Crippen LogP) is 3.52. The van der Waals surface area contributed by atoms with Gasteiger partial charge in [0.05, 0.1) is 37.5 Å². The van der Waals surface area contributed by atoms with Crippen LogP contribution in [0.1, 0.15) is 43.9 Å². The molecule has 1 saturated heterocycles. The Hall–Kier alpha value is -1.80. The van der Waals surface area contributed by atoms with Gasteiger partial charge >= 0.3 is 6.18 Å². The number of hydrogen-bond acceptors (Lipinski definition) is 3. The lowest BCUT2D eigenvalue weighted by Crippen LogP contribution is -2.39. The van der Waals surface area contributed by atoms with Crippen molar-refractivity contribution in [2.24, 2.45) is 4.99 Å². The highest BCUT2D eigenvalue weighted by Gasteiger charge is 2.30. The van der Waals surface area contributed by atoms with Gasteiger partial charge in [0, 0.05) is 13.2 Å². The number of rotatable bonds is 8. The summed E-state index contributed by atoms with van der Waals surface area (Å²) in [5, 5.41) is 6.23. The van der Waals surface area contributed by atoms with E-state index in [9.17, 15) is 13.2 Å². The summed E-state index contributed by atoms with van der Waals surface area (Å²) in [4.78, 5) is 4.42. The van der Waals surface area contributed by atoms with E-state index in [0.29, 0.717) is 37.8 Å². The molecule has 0 bridgehead atoms. The minimum atomic E-state index is -4.35. The van der Waals surface area contributed by atoms with Crippen molar-refractivity contribution < 1.29 is 22.6 Å². The zero-order valence-corrected chi connectivity index (χ0v) is 15.8. The van der Waals surface area contributed by atoms with Gasteiger partial charge in [-0.05, 0) is 44.4 Å². The third-order valence-electron chi connectivity index (χ3n) is 4.24. The van der Waals surface area contributed by atoms with Crippen molar-refractivity contribution in [1.82, 2.24) is 10.6 Å². The maximum Gasteiger partial charge on any atom is 0.416 e. The van der Waals surface area contributed by atoms with Crippen molar-refractivity contribution in [3.05, 3.63) is 35.4 Å². The molecule has 1 aliphatic rings. The lowest BCUT2D eigenvalue weighted by atomic mass is 10.1. The van der Waals surface area contributed by atoms with Crippen LogP contribution in [-0.2, 0) is 15.7 Å². The van der Waals surface area contributed by atoms with E-state index >= 15 is 0 Å². The number of guanidine groups is 1. The minimum absolute atomic E-state index is 0.182. The van der Waals surface area contributed by atoms with Gasteiger partial charge in [0.15, 0.2) is 5.96 Å². The molecule has 0 aliphatic carbocycles. The molecule has 1 aromatic carbocycles. The number of hydrogen-bond donors (Lipinski definition) is 2. The molecule has 1 heterocycles. The Bertz CT molecular complexity index is 602. The Morgan fingerprint density at radius 2 is 2.22 bits per heavy atom. The van der Waals surface area contributed by atoms with Crippen molar-refractivity contribution in [3.8, 4) is 0 Å². The first-order valence-electron chi connectivity index (χ1n) is 9.31. The number of ether oxygens (including phenoxy) is 2. The van der Waals surface area contributed by atoms with Gasteiger partial charge in [-0.1, -0.05) is 12.1 Å². The van der Waals surface area contributed by atoms with Gasteiger partial charge in [-0.2, -0.15) is 13.2 Å². The van der Waals surface area contributed by atoms with Gasteiger partial charge < -0.3 is 20.1 Å². The summed E-state index contributed by atoms with van der Waals surface area (Å²) in [5.41, 5.74) is -0.108. The van der Waals surface area contributed by atoms with Crippen LogP contribution in [0.15, 0.2) is 29.3 Å². The molecule has 2 atom stereocenters. The standard InChI is InChI=1S/C19H28F3N3O2/c1-3-23-18(24-9-11-26-13-17-8-5-10-27-17)25-14(2)15-6-4-7-16(12-15)19(20,21)22/h4,6-7,12,14,17H,3,5,8-11,13H2,1-2H3,(H2,23,24,25). The average molecular weight is 387 g/mol. The largest absolute Gasteiger partial charge is 0.416 e. The highest BCUT2D eigenvalue weighted by molar-refractivity contribution is 5.80. The Morgan fingerprint density at radius 3 is 2.89 bits per heavy atom. The fraction of sp³-hybridized carbons (Fsp3) is 0.632. The summed E-state index contributed by atoms with van der Waals surface area (Å²) in [7, 11) is 0. The molecule has 2 N–H and O–H groups in total. The average Bonchev–Trinajstić information content (AvgIpc) is 3.14. The first-order chi connectivity index (χ1) is 12.9. The summed E-state index contributed by atoms with van der Waals surface area (Å²) in [6.45, 7) is 6.67. The van der Waals surface area contributed by atoms with Gasteiger partial charge in [0.2, 0.25) is 0 Å². The van der Waals surface area contributed by atoms with Crippen molar-refractivity contribution in [2.45, 2.75) is 45.0 Å². The lowest BCUT2D eigenvalue weighted by molar-refractivity contribution is -0.137. The van der Waals surface area contributed by atoms with Crippen molar-refractivity contribution >= 4 is 5.96 Å². The van der Waals surface area contributed by atoms with E-state index in [1.165, 1.54) is 6.07 Å². The topological polar surface area (TPSA) is 54.9 Å². The maximum atomic E-state index is 12.9. The summed E-state index contributed by atoms with van der Waals surface area (Å²) in [6.07, 6.45) is -2.06. The molecule has 0 spiro atoms. The summed E-state index contributed by atoms with van der Waals surface area (Å²) < 4.78 is 49.7. The third-order valence-corrected chi connectivity index (χ3v) is 4.24. The van der Waals surface area contributed by atoms with E-state index in [1.54, 1.807) is 13.0 Å². The second-order valence-electron chi connectivity index (χ2n) is 6.46. The lowest BCUT2D eigenvalue weighted by Gasteiger charge is -2.19. The first kappa shape index (κ1) is 21.5. The molecule has 2 unspecified atom stereocenters. The predicted molar refractivity (Wildman–Crippen MR) is 98.8 cm³/mol. The fourth-order valence-electron chi connectivity index (χ4n) is 2.81. The van der Waals surface area contributed by atoms with Crippen molar-refractivity contribution in [2.75, 3.05) is 32.9 Å². The fourth-order valence-corrected chi connectivity index (χ4v) is 2.81. The molecule has 8 heteroatoms. The Kier molecular flexibility index (Phi) is 8.37. The molecule has 5 nitrogen and oxygen atoms in total. The van der Waals surface area contributed by atoms with Gasteiger partial charge in [0.25, 0.3) is 0 Å². The number of nitrogens with one attached hydrogen (secondary N) is 2. The van der Waals surface area contributed by atoms with Gasteiger partial charge in [-0.25, -0.2) is 0 Å². The number of aliphatic imine (C=N–C) groups is 1. The number of alkyl halides is 3. The molecule has 0 amide bonds. The van der Waals surface area contributed by atoms with Crippen LogP contribution in [0.25, 0.3) is 0 Å². The minimum Gasteiger partial charge on any atom is -0.377 e. The van der Waals surface area contributed by atoms with Crippen LogP contribution in [0, 0.1) is 0 Å². The quantitative estimate of drug-likeness (QED) is 0.407. The van der Waals surface area contributed by atoms with Crippen LogP contribution < -0.4 is 10.6 Å². The molecule has 0 aromatic heterocycles. The van der Waals surface area contributed by atoms with Crippen LogP contribution in [-0.4, -0.2) is 45.0 Å². The van der Waals surface area contributed by atoms with E-state index in [1.807, 2.05) is 6.92 Å². The molecule has 152 valence electrons. The van der Waals surface area contributed by atoms with Gasteiger partial charge in [0.1, 0.15) is 0 Å². The highest BCUT2D eigenvalue weighted by atomic mass is 19.4. The number of halogens is 3. The highest BCUT2D eigenvalue weighted by Crippen LogP contribution is 2.30. The second kappa shape index (κ2) is 10.5. The molecule has 27 heavy (non-hydrogen) atoms. The van der Waals surface area contributed by atoms with Crippen LogP contribution in [0.3, 0.4) is 0 Å². The van der Waals surface area contributed by atoms with Crippen LogP contribution >= 0.6 is 0 Å². The van der Waals surface area contributed by atoms with Crippen LogP contribution in [0.2, 0.25) is 0 Å². The molecular weight excluding hydrogens is 359 g/mol. The molecule has 1 aromatic rings. The van der Waals surface area contributed by atoms with Gasteiger partial charge in [-0.15, -0.1) is 0 Å². The molecule has 0 radical (unpaired) electrons. The maximum absolute atomic E-state index is 12.9. The van der Waals surface area contributed by atoms with E-state index in [2.05, 4.69) is 15.6 Å². The van der Waals surface area contributed by atoms with Crippen molar-refractivity contribution in [1.29, 1.82) is 0 Å². The normalized spacial score (nSPS) is 19.1. The van der Waals surface area contributed by atoms with E-state index in [-0.39, 0.29) is 12.1 Å². The van der Waals surface area contributed by atoms with Gasteiger partial charge in [-0.3, -0.25) is 4.99 Å². The van der Waals surface area contributed by atoms with Crippen molar-refractivity contribution in [3.63, 3.8) is 0 Å². The molecule has 1 aliphatic heterocycles. The van der Waals surface area contributed by atoms with E-state index in [4.69, 9.17) is 9.47 Å². The zero-order chi connectivity index (χ0) is 19.7.